The lowest BCUT2D eigenvalue weighted by molar-refractivity contribution is -0.143. The van der Waals surface area contributed by atoms with E-state index in [1.54, 1.807) is 6.07 Å². The smallest absolute Gasteiger partial charge is 0.305 e. The number of phenolic OH excluding ortho intramolecular Hbond substituents is 1. The fourth-order valence-electron chi connectivity index (χ4n) is 6.01. The van der Waals surface area contributed by atoms with Gasteiger partial charge in [0.05, 0.1) is 6.61 Å². The average Bonchev–Trinajstić information content (AvgIpc) is 2.97. The van der Waals surface area contributed by atoms with Gasteiger partial charge in [0.2, 0.25) is 0 Å². The van der Waals surface area contributed by atoms with Gasteiger partial charge >= 0.3 is 5.97 Å². The highest BCUT2D eigenvalue weighted by Gasteiger charge is 2.24. The Kier molecular flexibility index (Phi) is 16.6. The monoisotopic (exact) mass is 607 g/mol. The second-order valence-electron chi connectivity index (χ2n) is 15.2. The minimum Gasteiger partial charge on any atom is -0.508 e. The summed E-state index contributed by atoms with van der Waals surface area (Å²) < 4.78 is 5.75. The quantitative estimate of drug-likeness (QED) is 0.120. The minimum atomic E-state index is -0.152. The fourth-order valence-corrected chi connectivity index (χ4v) is 6.01. The zero-order valence-electron chi connectivity index (χ0n) is 29.8. The molecule has 3 heteroatoms. The number of aromatic hydroxyl groups is 1. The van der Waals surface area contributed by atoms with E-state index in [-0.39, 0.29) is 28.5 Å². The Bertz CT molecular complexity index is 1070. The number of hydrogen-bond donors (Lipinski definition) is 1. The van der Waals surface area contributed by atoms with Gasteiger partial charge in [0.15, 0.2) is 0 Å². The highest BCUT2D eigenvalue weighted by Crippen LogP contribution is 2.39. The SMILES string of the molecule is CCCCCCCCCCCCCCCCC(COC(=O)CC)c1ccc(O)cc1-c1cc(C(C)(C)C)cc(C(C)(C)C)c1. The molecule has 2 aromatic rings. The van der Waals surface area contributed by atoms with Crippen molar-refractivity contribution in [2.75, 3.05) is 6.61 Å². The number of phenols is 1. The van der Waals surface area contributed by atoms with E-state index in [4.69, 9.17) is 4.74 Å². The molecule has 0 saturated heterocycles. The Balaban J connectivity index is 2.09. The molecule has 0 bridgehead atoms. The third-order valence-corrected chi connectivity index (χ3v) is 9.09. The van der Waals surface area contributed by atoms with Crippen LogP contribution in [0.2, 0.25) is 0 Å². The molecule has 248 valence electrons. The minimum absolute atomic E-state index is 0.00268. The van der Waals surface area contributed by atoms with Crippen LogP contribution in [0.3, 0.4) is 0 Å². The van der Waals surface area contributed by atoms with Crippen LogP contribution >= 0.6 is 0 Å². The number of ether oxygens (including phenoxy) is 1. The first kappa shape index (κ1) is 37.9. The van der Waals surface area contributed by atoms with Gasteiger partial charge in [-0.05, 0) is 57.2 Å². The van der Waals surface area contributed by atoms with Gasteiger partial charge < -0.3 is 9.84 Å². The topological polar surface area (TPSA) is 46.5 Å². The first-order valence-corrected chi connectivity index (χ1v) is 18.0. The van der Waals surface area contributed by atoms with Crippen molar-refractivity contribution in [3.63, 3.8) is 0 Å². The number of unbranched alkanes of at least 4 members (excludes halogenated alkanes) is 13. The predicted molar refractivity (Wildman–Crippen MR) is 190 cm³/mol. The number of rotatable bonds is 20. The van der Waals surface area contributed by atoms with Gasteiger partial charge in [0, 0.05) is 12.3 Å². The lowest BCUT2D eigenvalue weighted by Crippen LogP contribution is -2.17. The second kappa shape index (κ2) is 19.3. The molecule has 1 atom stereocenters. The van der Waals surface area contributed by atoms with Crippen molar-refractivity contribution in [2.24, 2.45) is 0 Å². The van der Waals surface area contributed by atoms with Crippen molar-refractivity contribution < 1.29 is 14.6 Å². The third kappa shape index (κ3) is 13.8. The molecule has 0 spiro atoms. The molecule has 2 aromatic carbocycles. The number of esters is 1. The normalized spacial score (nSPS) is 12.8. The molecule has 0 fully saturated rings. The van der Waals surface area contributed by atoms with Crippen LogP contribution < -0.4 is 0 Å². The highest BCUT2D eigenvalue weighted by atomic mass is 16.5. The zero-order valence-corrected chi connectivity index (χ0v) is 29.8. The van der Waals surface area contributed by atoms with Gasteiger partial charge in [-0.25, -0.2) is 0 Å². The van der Waals surface area contributed by atoms with Crippen LogP contribution in [0.4, 0.5) is 0 Å². The summed E-state index contributed by atoms with van der Waals surface area (Å²) >= 11 is 0. The summed E-state index contributed by atoms with van der Waals surface area (Å²) in [5.41, 5.74) is 5.90. The van der Waals surface area contributed by atoms with Gasteiger partial charge in [-0.3, -0.25) is 4.79 Å². The highest BCUT2D eigenvalue weighted by molar-refractivity contribution is 5.72. The van der Waals surface area contributed by atoms with Crippen LogP contribution in [0.5, 0.6) is 5.75 Å². The summed E-state index contributed by atoms with van der Waals surface area (Å²) in [6.07, 6.45) is 20.1. The summed E-state index contributed by atoms with van der Waals surface area (Å²) in [4.78, 5) is 12.2. The fraction of sp³-hybridized carbons (Fsp3) is 0.683. The molecule has 0 amide bonds. The van der Waals surface area contributed by atoms with Crippen LogP contribution in [-0.4, -0.2) is 17.7 Å². The molecule has 2 rings (SSSR count). The van der Waals surface area contributed by atoms with Crippen molar-refractivity contribution in [3.8, 4) is 16.9 Å². The van der Waals surface area contributed by atoms with E-state index < -0.39 is 0 Å². The zero-order chi connectivity index (χ0) is 32.6. The molecule has 0 aliphatic carbocycles. The molecule has 44 heavy (non-hydrogen) atoms. The molecule has 3 nitrogen and oxygen atoms in total. The summed E-state index contributed by atoms with van der Waals surface area (Å²) in [6, 6.07) is 12.7. The van der Waals surface area contributed by atoms with Crippen molar-refractivity contribution in [1.82, 2.24) is 0 Å². The predicted octanol–water partition coefficient (Wildman–Crippen LogP) is 12.6. The van der Waals surface area contributed by atoms with E-state index >= 15 is 0 Å². The first-order valence-electron chi connectivity index (χ1n) is 18.0. The molecule has 0 saturated carbocycles. The maximum atomic E-state index is 12.2. The van der Waals surface area contributed by atoms with Gasteiger partial charge in [0.25, 0.3) is 0 Å². The molecule has 0 heterocycles. The van der Waals surface area contributed by atoms with E-state index in [0.29, 0.717) is 13.0 Å². The largest absolute Gasteiger partial charge is 0.508 e. The Hall–Kier alpha value is -2.29. The van der Waals surface area contributed by atoms with E-state index in [0.717, 1.165) is 29.5 Å². The molecule has 0 aromatic heterocycles. The van der Waals surface area contributed by atoms with E-state index in [9.17, 15) is 9.90 Å². The van der Waals surface area contributed by atoms with E-state index in [1.807, 2.05) is 13.0 Å². The van der Waals surface area contributed by atoms with Crippen LogP contribution in [0.1, 0.15) is 181 Å². The standard InChI is InChI=1S/C41H66O3/c1-9-11-12-13-14-15-16-17-18-19-20-21-22-23-24-32(31-44-39(43)10-2)37-26-25-36(42)30-38(37)33-27-34(40(3,4)5)29-35(28-33)41(6,7)8/h25-30,32,42H,9-24,31H2,1-8H3. The van der Waals surface area contributed by atoms with Crippen molar-refractivity contribution in [2.45, 2.75) is 175 Å². The average molecular weight is 607 g/mol. The molecule has 1 unspecified atom stereocenters. The maximum absolute atomic E-state index is 12.2. The Morgan fingerprint density at radius 2 is 1.16 bits per heavy atom. The molecular weight excluding hydrogens is 540 g/mol. The molecular formula is C41H66O3. The molecule has 1 N–H and O–H groups in total. The van der Waals surface area contributed by atoms with Crippen LogP contribution in [-0.2, 0) is 20.4 Å². The van der Waals surface area contributed by atoms with Crippen molar-refractivity contribution in [1.29, 1.82) is 0 Å². The Labute approximate surface area is 271 Å². The lowest BCUT2D eigenvalue weighted by atomic mass is 9.78. The number of benzene rings is 2. The summed E-state index contributed by atoms with van der Waals surface area (Å²) in [6.45, 7) is 18.0. The van der Waals surface area contributed by atoms with E-state index in [2.05, 4.69) is 72.7 Å². The van der Waals surface area contributed by atoms with Crippen molar-refractivity contribution >= 4 is 5.97 Å². The first-order chi connectivity index (χ1) is 20.9. The van der Waals surface area contributed by atoms with Crippen molar-refractivity contribution in [3.05, 3.63) is 53.1 Å². The van der Waals surface area contributed by atoms with Gasteiger partial charge in [-0.1, -0.05) is 170 Å². The maximum Gasteiger partial charge on any atom is 0.305 e. The second-order valence-corrected chi connectivity index (χ2v) is 15.2. The Morgan fingerprint density at radius 3 is 1.61 bits per heavy atom. The van der Waals surface area contributed by atoms with Crippen LogP contribution in [0.25, 0.3) is 11.1 Å². The van der Waals surface area contributed by atoms with E-state index in [1.165, 1.54) is 94.6 Å². The van der Waals surface area contributed by atoms with Crippen LogP contribution in [0.15, 0.2) is 36.4 Å². The summed E-state index contributed by atoms with van der Waals surface area (Å²) in [5.74, 6) is 0.207. The summed E-state index contributed by atoms with van der Waals surface area (Å²) in [5, 5.41) is 10.6. The molecule has 0 radical (unpaired) electrons. The number of carbonyl (C=O) groups excluding carboxylic acids is 1. The molecule has 0 aliphatic rings. The van der Waals surface area contributed by atoms with Gasteiger partial charge in [-0.2, -0.15) is 0 Å². The lowest BCUT2D eigenvalue weighted by Gasteiger charge is -2.27. The van der Waals surface area contributed by atoms with Crippen LogP contribution in [0, 0.1) is 0 Å². The summed E-state index contributed by atoms with van der Waals surface area (Å²) in [7, 11) is 0. The number of hydrogen-bond acceptors (Lipinski definition) is 3. The number of carbonyl (C=O) groups is 1. The van der Waals surface area contributed by atoms with Gasteiger partial charge in [-0.15, -0.1) is 0 Å². The molecule has 0 aliphatic heterocycles. The third-order valence-electron chi connectivity index (χ3n) is 9.09. The van der Waals surface area contributed by atoms with Gasteiger partial charge in [0.1, 0.15) is 5.75 Å². The Morgan fingerprint density at radius 1 is 0.682 bits per heavy atom.